The molecule has 2 atom stereocenters. The van der Waals surface area contributed by atoms with Crippen molar-refractivity contribution in [1.29, 1.82) is 0 Å². The molecule has 2 aliphatic heterocycles. The van der Waals surface area contributed by atoms with Crippen molar-refractivity contribution in [2.75, 3.05) is 31.5 Å². The lowest BCUT2D eigenvalue weighted by Gasteiger charge is -2.29. The van der Waals surface area contributed by atoms with Gasteiger partial charge in [-0.05, 0) is 79.8 Å². The number of likely N-dealkylation sites (tertiary alicyclic amines) is 1. The Morgan fingerprint density at radius 1 is 1.17 bits per heavy atom. The summed E-state index contributed by atoms with van der Waals surface area (Å²) in [6.45, 7) is 11.8. The van der Waals surface area contributed by atoms with Gasteiger partial charge in [-0.3, -0.25) is 9.69 Å². The second-order valence-corrected chi connectivity index (χ2v) is 11.4. The van der Waals surface area contributed by atoms with E-state index in [2.05, 4.69) is 77.2 Å². The zero-order chi connectivity index (χ0) is 24.4. The van der Waals surface area contributed by atoms with E-state index < -0.39 is 0 Å². The predicted molar refractivity (Wildman–Crippen MR) is 146 cm³/mol. The zero-order valence-corrected chi connectivity index (χ0v) is 21.8. The van der Waals surface area contributed by atoms with Crippen LogP contribution in [0.2, 0.25) is 0 Å². The summed E-state index contributed by atoms with van der Waals surface area (Å²) in [6, 6.07) is 19.5. The van der Waals surface area contributed by atoms with Crippen LogP contribution in [0.25, 0.3) is 10.4 Å². The van der Waals surface area contributed by atoms with Gasteiger partial charge in [0.2, 0.25) is 0 Å². The lowest BCUT2D eigenvalue weighted by molar-refractivity contribution is 0.0939. The Balaban J connectivity index is 1.25. The molecule has 0 aliphatic carbocycles. The summed E-state index contributed by atoms with van der Waals surface area (Å²) < 4.78 is 0. The van der Waals surface area contributed by atoms with Gasteiger partial charge in [0.25, 0.3) is 5.91 Å². The van der Waals surface area contributed by atoms with Gasteiger partial charge in [0, 0.05) is 47.2 Å². The number of benzene rings is 2. The average Bonchev–Trinajstić information content (AvgIpc) is 3.46. The first kappa shape index (κ1) is 24.0. The molecule has 5 rings (SSSR count). The molecular formula is C29H36N4OS. The first-order valence-corrected chi connectivity index (χ1v) is 13.6. The average molecular weight is 489 g/mol. The topological polar surface area (TPSA) is 56.4 Å². The second-order valence-electron chi connectivity index (χ2n) is 10.2. The number of amides is 1. The molecule has 5 nitrogen and oxygen atoms in total. The van der Waals surface area contributed by atoms with Crippen LogP contribution in [-0.2, 0) is 6.54 Å². The number of hydrogen-bond donors (Lipinski definition) is 3. The summed E-state index contributed by atoms with van der Waals surface area (Å²) in [5.41, 5.74) is 5.04. The van der Waals surface area contributed by atoms with Crippen molar-refractivity contribution in [2.45, 2.75) is 45.8 Å². The fourth-order valence-corrected chi connectivity index (χ4v) is 5.96. The monoisotopic (exact) mass is 488 g/mol. The Morgan fingerprint density at radius 2 is 2.03 bits per heavy atom. The molecule has 6 heteroatoms. The van der Waals surface area contributed by atoms with Gasteiger partial charge in [-0.1, -0.05) is 31.2 Å². The third-order valence-electron chi connectivity index (χ3n) is 7.20. The Morgan fingerprint density at radius 3 is 2.77 bits per heavy atom. The van der Waals surface area contributed by atoms with Crippen molar-refractivity contribution in [3.63, 3.8) is 0 Å². The van der Waals surface area contributed by atoms with Crippen LogP contribution in [0.15, 0.2) is 54.6 Å². The Labute approximate surface area is 212 Å². The van der Waals surface area contributed by atoms with Gasteiger partial charge in [-0.2, -0.15) is 0 Å². The van der Waals surface area contributed by atoms with Crippen molar-refractivity contribution in [1.82, 2.24) is 15.5 Å². The minimum absolute atomic E-state index is 0.0333. The Kier molecular flexibility index (Phi) is 7.23. The Hall–Kier alpha value is -2.67. The van der Waals surface area contributed by atoms with Gasteiger partial charge in [0.05, 0.1) is 12.1 Å². The van der Waals surface area contributed by atoms with Crippen molar-refractivity contribution < 1.29 is 4.79 Å². The maximum Gasteiger partial charge on any atom is 0.252 e. The molecule has 3 aromatic rings. The van der Waals surface area contributed by atoms with E-state index in [4.69, 9.17) is 0 Å². The lowest BCUT2D eigenvalue weighted by Crippen LogP contribution is -2.51. The van der Waals surface area contributed by atoms with Gasteiger partial charge >= 0.3 is 0 Å². The largest absolute Gasteiger partial charge is 0.380 e. The van der Waals surface area contributed by atoms with E-state index >= 15 is 0 Å². The zero-order valence-electron chi connectivity index (χ0n) is 20.9. The molecule has 3 N–H and O–H groups in total. The van der Waals surface area contributed by atoms with E-state index in [0.29, 0.717) is 6.04 Å². The molecule has 1 aromatic heterocycles. The SMILES string of the molecule is Cc1ccc(NC2CNC2)cc1C(=O)NC(C)c1cccc(-c2ccc(CN3CC[C@@H](C)C3)s2)c1. The first-order valence-electron chi connectivity index (χ1n) is 12.7. The van der Waals surface area contributed by atoms with Crippen molar-refractivity contribution >= 4 is 22.9 Å². The van der Waals surface area contributed by atoms with E-state index in [-0.39, 0.29) is 11.9 Å². The fourth-order valence-electron chi connectivity index (χ4n) is 4.91. The number of anilines is 1. The predicted octanol–water partition coefficient (Wildman–Crippen LogP) is 5.44. The fraction of sp³-hybridized carbons (Fsp3) is 0.414. The molecule has 2 aromatic carbocycles. The summed E-state index contributed by atoms with van der Waals surface area (Å²) in [7, 11) is 0. The van der Waals surface area contributed by atoms with Gasteiger partial charge in [0.1, 0.15) is 0 Å². The molecule has 35 heavy (non-hydrogen) atoms. The number of carbonyl (C=O) groups is 1. The summed E-state index contributed by atoms with van der Waals surface area (Å²) >= 11 is 1.88. The molecule has 1 amide bonds. The minimum atomic E-state index is -0.0835. The second kappa shape index (κ2) is 10.5. The van der Waals surface area contributed by atoms with Crippen LogP contribution in [-0.4, -0.2) is 43.0 Å². The minimum Gasteiger partial charge on any atom is -0.380 e. The molecule has 184 valence electrons. The molecule has 2 fully saturated rings. The third-order valence-corrected chi connectivity index (χ3v) is 8.32. The standard InChI is InChI=1S/C29H36N4OS/c1-19-11-12-33(17-19)18-26-9-10-28(35-26)23-6-4-5-22(13-23)21(3)31-29(34)27-14-24(8-7-20(27)2)32-25-15-30-16-25/h4-10,13-14,19,21,25,30,32H,11-12,15-18H2,1-3H3,(H,31,34)/t19-,21?/m1/s1. The molecule has 3 heterocycles. The van der Waals surface area contributed by atoms with Crippen molar-refractivity contribution in [3.8, 4) is 10.4 Å². The molecular weight excluding hydrogens is 452 g/mol. The number of thiophene rings is 1. The van der Waals surface area contributed by atoms with E-state index in [1.54, 1.807) is 0 Å². The Bertz CT molecular complexity index is 1180. The number of nitrogens with one attached hydrogen (secondary N) is 3. The van der Waals surface area contributed by atoms with Crippen molar-refractivity contribution in [3.05, 3.63) is 76.2 Å². The molecule has 0 radical (unpaired) electrons. The van der Waals surface area contributed by atoms with Gasteiger partial charge in [0.15, 0.2) is 0 Å². The number of rotatable bonds is 8. The summed E-state index contributed by atoms with van der Waals surface area (Å²) in [5, 5.41) is 9.98. The van der Waals surface area contributed by atoms with Crippen molar-refractivity contribution in [2.24, 2.45) is 5.92 Å². The maximum absolute atomic E-state index is 13.2. The van der Waals surface area contributed by atoms with E-state index in [9.17, 15) is 4.79 Å². The van der Waals surface area contributed by atoms with E-state index in [1.165, 1.54) is 34.8 Å². The highest BCUT2D eigenvalue weighted by Gasteiger charge is 2.20. The lowest BCUT2D eigenvalue weighted by atomic mass is 10.0. The number of carbonyl (C=O) groups excluding carboxylic acids is 1. The van der Waals surface area contributed by atoms with Crippen LogP contribution in [0.1, 0.15) is 52.7 Å². The number of hydrogen-bond acceptors (Lipinski definition) is 5. The van der Waals surface area contributed by atoms with Gasteiger partial charge < -0.3 is 16.0 Å². The van der Waals surface area contributed by atoms with Crippen LogP contribution in [0, 0.1) is 12.8 Å². The molecule has 2 aliphatic rings. The number of nitrogens with zero attached hydrogens (tertiary/aromatic N) is 1. The molecule has 0 saturated carbocycles. The summed E-state index contributed by atoms with van der Waals surface area (Å²) in [5.74, 6) is 0.777. The molecule has 2 saturated heterocycles. The summed E-state index contributed by atoms with van der Waals surface area (Å²) in [6.07, 6.45) is 1.31. The van der Waals surface area contributed by atoms with Gasteiger partial charge in [-0.25, -0.2) is 0 Å². The first-order chi connectivity index (χ1) is 16.9. The molecule has 0 bridgehead atoms. The summed E-state index contributed by atoms with van der Waals surface area (Å²) in [4.78, 5) is 18.4. The van der Waals surface area contributed by atoms with E-state index in [0.717, 1.165) is 47.9 Å². The quantitative estimate of drug-likeness (QED) is 0.395. The highest BCUT2D eigenvalue weighted by molar-refractivity contribution is 7.15. The van der Waals surface area contributed by atoms with Gasteiger partial charge in [-0.15, -0.1) is 11.3 Å². The van der Waals surface area contributed by atoms with Crippen LogP contribution in [0.5, 0.6) is 0 Å². The van der Waals surface area contributed by atoms with Crippen LogP contribution in [0.3, 0.4) is 0 Å². The molecule has 1 unspecified atom stereocenters. The number of aryl methyl sites for hydroxylation is 1. The van der Waals surface area contributed by atoms with E-state index in [1.807, 2.05) is 30.4 Å². The maximum atomic E-state index is 13.2. The highest BCUT2D eigenvalue weighted by Crippen LogP contribution is 2.31. The highest BCUT2D eigenvalue weighted by atomic mass is 32.1. The molecule has 0 spiro atoms. The van der Waals surface area contributed by atoms with Crippen LogP contribution in [0.4, 0.5) is 5.69 Å². The van der Waals surface area contributed by atoms with Crippen LogP contribution >= 0.6 is 11.3 Å². The third kappa shape index (κ3) is 5.77. The normalized spacial score (nSPS) is 19.3. The van der Waals surface area contributed by atoms with Crippen LogP contribution < -0.4 is 16.0 Å². The smallest absolute Gasteiger partial charge is 0.252 e.